The number of hydrogen-bond acceptors (Lipinski definition) is 2. The molecule has 0 aromatic heterocycles. The van der Waals surface area contributed by atoms with Crippen LogP contribution >= 0.6 is 0 Å². The number of aryl methyl sites for hydroxylation is 1. The smallest absolute Gasteiger partial charge is 0.216 e. The predicted octanol–water partition coefficient (Wildman–Crippen LogP) is 1.49. The molecule has 1 aliphatic heterocycles. The highest BCUT2D eigenvalue weighted by Gasteiger charge is 2.15. The van der Waals surface area contributed by atoms with Gasteiger partial charge in [-0.15, -0.1) is 0 Å². The van der Waals surface area contributed by atoms with Crippen LogP contribution in [0.5, 0.6) is 0 Å². The van der Waals surface area contributed by atoms with Crippen LogP contribution in [-0.2, 0) is 17.8 Å². The molecular weight excluding hydrogens is 212 g/mol. The second-order valence-electron chi connectivity index (χ2n) is 4.78. The van der Waals surface area contributed by atoms with Gasteiger partial charge in [0.15, 0.2) is 0 Å². The molecule has 1 amide bonds. The van der Waals surface area contributed by atoms with Crippen LogP contribution in [0.1, 0.15) is 23.6 Å². The first-order chi connectivity index (χ1) is 8.15. The predicted molar refractivity (Wildman–Crippen MR) is 68.8 cm³/mol. The molecule has 92 valence electrons. The van der Waals surface area contributed by atoms with Crippen LogP contribution in [0.4, 0.5) is 0 Å². The summed E-state index contributed by atoms with van der Waals surface area (Å²) in [6.45, 7) is 7.49. The number of nitrogens with one attached hydrogen (secondary N) is 1. The second kappa shape index (κ2) is 5.32. The van der Waals surface area contributed by atoms with Gasteiger partial charge in [-0.05, 0) is 24.5 Å². The van der Waals surface area contributed by atoms with Gasteiger partial charge in [-0.3, -0.25) is 9.69 Å². The number of carbonyl (C=O) groups is 1. The van der Waals surface area contributed by atoms with Crippen molar-refractivity contribution >= 4 is 5.91 Å². The third-order valence-electron chi connectivity index (χ3n) is 3.26. The van der Waals surface area contributed by atoms with Crippen LogP contribution in [0.3, 0.4) is 0 Å². The number of hydrogen-bond donors (Lipinski definition) is 1. The number of amides is 1. The monoisotopic (exact) mass is 232 g/mol. The third-order valence-corrected chi connectivity index (χ3v) is 3.26. The highest BCUT2D eigenvalue weighted by atomic mass is 16.1. The van der Waals surface area contributed by atoms with Gasteiger partial charge in [0.2, 0.25) is 5.91 Å². The number of fused-ring (bicyclic) bond motifs is 1. The van der Waals surface area contributed by atoms with Crippen molar-refractivity contribution in [3.8, 4) is 0 Å². The zero-order valence-electron chi connectivity index (χ0n) is 10.6. The maximum absolute atomic E-state index is 10.8. The average Bonchev–Trinajstić information content (AvgIpc) is 2.29. The van der Waals surface area contributed by atoms with Gasteiger partial charge in [0.1, 0.15) is 0 Å². The third kappa shape index (κ3) is 3.30. The van der Waals surface area contributed by atoms with Gasteiger partial charge in [0.25, 0.3) is 0 Å². The van der Waals surface area contributed by atoms with Crippen LogP contribution in [0.25, 0.3) is 0 Å². The van der Waals surface area contributed by atoms with E-state index in [0.717, 1.165) is 32.6 Å². The lowest BCUT2D eigenvalue weighted by Crippen LogP contribution is -2.37. The van der Waals surface area contributed by atoms with Gasteiger partial charge >= 0.3 is 0 Å². The molecule has 0 saturated heterocycles. The molecule has 1 aliphatic rings. The lowest BCUT2D eigenvalue weighted by atomic mass is 9.98. The first-order valence-corrected chi connectivity index (χ1v) is 6.20. The Morgan fingerprint density at radius 1 is 1.41 bits per heavy atom. The Hall–Kier alpha value is -1.35. The fourth-order valence-corrected chi connectivity index (χ4v) is 2.32. The molecule has 1 N–H and O–H groups in total. The molecule has 0 spiro atoms. The molecule has 0 bridgehead atoms. The zero-order valence-corrected chi connectivity index (χ0v) is 10.6. The summed E-state index contributed by atoms with van der Waals surface area (Å²) >= 11 is 0. The van der Waals surface area contributed by atoms with E-state index in [1.807, 2.05) is 0 Å². The van der Waals surface area contributed by atoms with Crippen LogP contribution in [0.2, 0.25) is 0 Å². The van der Waals surface area contributed by atoms with Crippen LogP contribution in [0.15, 0.2) is 18.2 Å². The topological polar surface area (TPSA) is 32.3 Å². The SMILES string of the molecule is CC(=O)NCCN1CCc2cc(C)ccc2C1. The molecule has 0 fully saturated rings. The van der Waals surface area contributed by atoms with Gasteiger partial charge in [-0.1, -0.05) is 23.8 Å². The molecule has 1 aromatic rings. The largest absolute Gasteiger partial charge is 0.355 e. The first kappa shape index (κ1) is 12.1. The molecular formula is C14H20N2O. The zero-order chi connectivity index (χ0) is 12.3. The lowest BCUT2D eigenvalue weighted by molar-refractivity contribution is -0.119. The molecule has 2 rings (SSSR count). The molecule has 0 unspecified atom stereocenters. The summed E-state index contributed by atoms with van der Waals surface area (Å²) in [5, 5.41) is 2.85. The van der Waals surface area contributed by atoms with Crippen molar-refractivity contribution in [1.29, 1.82) is 0 Å². The standard InChI is InChI=1S/C14H20N2O/c1-11-3-4-14-10-16(7-5-13(14)9-11)8-6-15-12(2)17/h3-4,9H,5-8,10H2,1-2H3,(H,15,17). The average molecular weight is 232 g/mol. The van der Waals surface area contributed by atoms with Crippen molar-refractivity contribution in [2.75, 3.05) is 19.6 Å². The molecule has 1 aromatic carbocycles. The quantitative estimate of drug-likeness (QED) is 0.856. The van der Waals surface area contributed by atoms with Gasteiger partial charge in [-0.2, -0.15) is 0 Å². The van der Waals surface area contributed by atoms with E-state index in [4.69, 9.17) is 0 Å². The van der Waals surface area contributed by atoms with E-state index >= 15 is 0 Å². The van der Waals surface area contributed by atoms with Crippen molar-refractivity contribution in [3.63, 3.8) is 0 Å². The number of rotatable bonds is 3. The molecule has 3 heteroatoms. The molecule has 0 saturated carbocycles. The molecule has 0 atom stereocenters. The number of nitrogens with zero attached hydrogens (tertiary/aromatic N) is 1. The molecule has 0 radical (unpaired) electrons. The van der Waals surface area contributed by atoms with E-state index in [1.165, 1.54) is 16.7 Å². The van der Waals surface area contributed by atoms with E-state index in [-0.39, 0.29) is 5.91 Å². The molecule has 3 nitrogen and oxygen atoms in total. The summed E-state index contributed by atoms with van der Waals surface area (Å²) < 4.78 is 0. The van der Waals surface area contributed by atoms with Gasteiger partial charge in [0.05, 0.1) is 0 Å². The minimum absolute atomic E-state index is 0.0537. The minimum atomic E-state index is 0.0537. The van der Waals surface area contributed by atoms with E-state index in [9.17, 15) is 4.79 Å². The Morgan fingerprint density at radius 2 is 2.24 bits per heavy atom. The highest BCUT2D eigenvalue weighted by molar-refractivity contribution is 5.72. The van der Waals surface area contributed by atoms with Crippen LogP contribution < -0.4 is 5.32 Å². The van der Waals surface area contributed by atoms with E-state index in [1.54, 1.807) is 6.92 Å². The second-order valence-corrected chi connectivity index (χ2v) is 4.78. The molecule has 17 heavy (non-hydrogen) atoms. The summed E-state index contributed by atoms with van der Waals surface area (Å²) in [4.78, 5) is 13.2. The van der Waals surface area contributed by atoms with Crippen LogP contribution in [-0.4, -0.2) is 30.4 Å². The normalized spacial score (nSPS) is 15.4. The maximum atomic E-state index is 10.8. The number of benzene rings is 1. The Labute approximate surface area is 103 Å². The fourth-order valence-electron chi connectivity index (χ4n) is 2.32. The summed E-state index contributed by atoms with van der Waals surface area (Å²) in [5.74, 6) is 0.0537. The van der Waals surface area contributed by atoms with Gasteiger partial charge in [-0.25, -0.2) is 0 Å². The van der Waals surface area contributed by atoms with Gasteiger partial charge in [0, 0.05) is 33.1 Å². The van der Waals surface area contributed by atoms with Crippen molar-refractivity contribution in [1.82, 2.24) is 10.2 Å². The van der Waals surface area contributed by atoms with Crippen LogP contribution in [0, 0.1) is 6.92 Å². The fraction of sp³-hybridized carbons (Fsp3) is 0.500. The Balaban J connectivity index is 1.90. The first-order valence-electron chi connectivity index (χ1n) is 6.20. The molecule has 1 heterocycles. The van der Waals surface area contributed by atoms with Crippen molar-refractivity contribution in [2.45, 2.75) is 26.8 Å². The number of carbonyl (C=O) groups excluding carboxylic acids is 1. The van der Waals surface area contributed by atoms with Crippen molar-refractivity contribution in [2.24, 2.45) is 0 Å². The van der Waals surface area contributed by atoms with Gasteiger partial charge < -0.3 is 5.32 Å². The summed E-state index contributed by atoms with van der Waals surface area (Å²) in [6, 6.07) is 6.70. The Kier molecular flexibility index (Phi) is 3.79. The summed E-state index contributed by atoms with van der Waals surface area (Å²) in [6.07, 6.45) is 1.12. The van der Waals surface area contributed by atoms with Crippen molar-refractivity contribution < 1.29 is 4.79 Å². The Morgan fingerprint density at radius 3 is 3.00 bits per heavy atom. The van der Waals surface area contributed by atoms with E-state index in [0.29, 0.717) is 0 Å². The van der Waals surface area contributed by atoms with E-state index < -0.39 is 0 Å². The highest BCUT2D eigenvalue weighted by Crippen LogP contribution is 2.19. The summed E-state index contributed by atoms with van der Waals surface area (Å²) in [7, 11) is 0. The maximum Gasteiger partial charge on any atom is 0.216 e. The Bertz CT molecular complexity index is 415. The van der Waals surface area contributed by atoms with Crippen molar-refractivity contribution in [3.05, 3.63) is 34.9 Å². The summed E-state index contributed by atoms with van der Waals surface area (Å²) in [5.41, 5.74) is 4.26. The minimum Gasteiger partial charge on any atom is -0.355 e. The molecule has 0 aliphatic carbocycles. The lowest BCUT2D eigenvalue weighted by Gasteiger charge is -2.28. The van der Waals surface area contributed by atoms with E-state index in [2.05, 4.69) is 35.3 Å².